The van der Waals surface area contributed by atoms with Gasteiger partial charge in [0.1, 0.15) is 9.88 Å². The second kappa shape index (κ2) is 5.18. The first-order chi connectivity index (χ1) is 9.63. The van der Waals surface area contributed by atoms with Crippen LogP contribution in [0, 0.1) is 6.92 Å². The summed E-state index contributed by atoms with van der Waals surface area (Å²) >= 11 is 3.03. The molecule has 0 aliphatic carbocycles. The average Bonchev–Trinajstić information content (AvgIpc) is 3.09. The normalized spacial score (nSPS) is 10.7. The molecule has 1 N–H and O–H groups in total. The summed E-state index contributed by atoms with van der Waals surface area (Å²) in [7, 11) is 1.81. The summed E-state index contributed by atoms with van der Waals surface area (Å²) in [5.41, 5.74) is 2.49. The Morgan fingerprint density at radius 1 is 1.45 bits per heavy atom. The van der Waals surface area contributed by atoms with Crippen LogP contribution in [0.3, 0.4) is 0 Å². The van der Waals surface area contributed by atoms with Crippen LogP contribution >= 0.6 is 22.7 Å². The number of carbonyl (C=O) groups is 1. The third-order valence-corrected chi connectivity index (χ3v) is 4.62. The van der Waals surface area contributed by atoms with Crippen molar-refractivity contribution in [3.05, 3.63) is 39.8 Å². The highest BCUT2D eigenvalue weighted by Gasteiger charge is 2.16. The fraction of sp³-hybridized carbons (Fsp3) is 0.154. The van der Waals surface area contributed by atoms with Gasteiger partial charge in [-0.3, -0.25) is 9.48 Å². The van der Waals surface area contributed by atoms with Crippen molar-refractivity contribution in [3.8, 4) is 10.6 Å². The Kier molecular flexibility index (Phi) is 3.37. The van der Waals surface area contributed by atoms with Gasteiger partial charge in [0.2, 0.25) is 0 Å². The van der Waals surface area contributed by atoms with E-state index in [4.69, 9.17) is 0 Å². The Morgan fingerprint density at radius 3 is 2.95 bits per heavy atom. The summed E-state index contributed by atoms with van der Waals surface area (Å²) in [6.07, 6.45) is 3.38. The van der Waals surface area contributed by atoms with E-state index >= 15 is 0 Å². The van der Waals surface area contributed by atoms with E-state index in [-0.39, 0.29) is 5.91 Å². The Balaban J connectivity index is 1.85. The average molecular weight is 304 g/mol. The molecule has 0 radical (unpaired) electrons. The summed E-state index contributed by atoms with van der Waals surface area (Å²) in [6.45, 7) is 1.85. The Morgan fingerprint density at radius 2 is 2.30 bits per heavy atom. The molecule has 3 heterocycles. The summed E-state index contributed by atoms with van der Waals surface area (Å²) < 4.78 is 1.64. The Labute approximate surface area is 123 Å². The molecule has 3 aromatic rings. The fourth-order valence-corrected chi connectivity index (χ4v) is 3.46. The van der Waals surface area contributed by atoms with Gasteiger partial charge in [-0.05, 0) is 18.4 Å². The van der Waals surface area contributed by atoms with Crippen molar-refractivity contribution in [1.82, 2.24) is 14.8 Å². The van der Waals surface area contributed by atoms with Gasteiger partial charge in [-0.2, -0.15) is 16.4 Å². The zero-order valence-electron chi connectivity index (χ0n) is 11.0. The fourth-order valence-electron chi connectivity index (χ4n) is 1.79. The number of amides is 1. The van der Waals surface area contributed by atoms with E-state index < -0.39 is 0 Å². The molecule has 1 amide bonds. The number of carbonyl (C=O) groups excluding carboxylic acids is 1. The topological polar surface area (TPSA) is 59.8 Å². The van der Waals surface area contributed by atoms with Gasteiger partial charge in [0, 0.05) is 24.2 Å². The van der Waals surface area contributed by atoms with Crippen molar-refractivity contribution in [3.63, 3.8) is 0 Å². The van der Waals surface area contributed by atoms with E-state index in [2.05, 4.69) is 15.4 Å². The lowest BCUT2D eigenvalue weighted by molar-refractivity contribution is 0.103. The molecule has 3 rings (SSSR count). The molecule has 7 heteroatoms. The van der Waals surface area contributed by atoms with Crippen LogP contribution in [-0.4, -0.2) is 20.7 Å². The zero-order valence-corrected chi connectivity index (χ0v) is 12.6. The van der Waals surface area contributed by atoms with Gasteiger partial charge in [-0.1, -0.05) is 0 Å². The number of nitrogens with one attached hydrogen (secondary N) is 1. The predicted molar refractivity (Wildman–Crippen MR) is 81.3 cm³/mol. The van der Waals surface area contributed by atoms with E-state index in [1.807, 2.05) is 30.8 Å². The molecule has 0 spiro atoms. The summed E-state index contributed by atoms with van der Waals surface area (Å²) in [5, 5.41) is 11.8. The molecule has 0 bridgehead atoms. The van der Waals surface area contributed by atoms with Crippen LogP contribution in [0.15, 0.2) is 29.2 Å². The molecule has 20 heavy (non-hydrogen) atoms. The molecule has 0 saturated carbocycles. The van der Waals surface area contributed by atoms with Gasteiger partial charge in [0.25, 0.3) is 5.91 Å². The second-order valence-electron chi connectivity index (χ2n) is 4.30. The number of hydrogen-bond donors (Lipinski definition) is 1. The van der Waals surface area contributed by atoms with E-state index in [1.54, 1.807) is 28.4 Å². The first-order valence-corrected chi connectivity index (χ1v) is 7.69. The molecule has 0 unspecified atom stereocenters. The summed E-state index contributed by atoms with van der Waals surface area (Å²) in [4.78, 5) is 17.4. The minimum atomic E-state index is -0.144. The maximum absolute atomic E-state index is 12.3. The molecule has 0 aliphatic rings. The molecule has 5 nitrogen and oxygen atoms in total. The molecule has 102 valence electrons. The predicted octanol–water partition coefficient (Wildman–Crippen LogP) is 3.17. The highest BCUT2D eigenvalue weighted by atomic mass is 32.1. The summed E-state index contributed by atoms with van der Waals surface area (Å²) in [5.74, 6) is -0.144. The largest absolute Gasteiger partial charge is 0.319 e. The van der Waals surface area contributed by atoms with Gasteiger partial charge in [0.05, 0.1) is 17.6 Å². The number of aromatic nitrogens is 3. The maximum atomic E-state index is 12.3. The van der Waals surface area contributed by atoms with E-state index in [0.717, 1.165) is 16.3 Å². The van der Waals surface area contributed by atoms with Crippen LogP contribution in [0.2, 0.25) is 0 Å². The van der Waals surface area contributed by atoms with E-state index in [1.165, 1.54) is 11.3 Å². The van der Waals surface area contributed by atoms with Gasteiger partial charge in [0.15, 0.2) is 0 Å². The van der Waals surface area contributed by atoms with Crippen molar-refractivity contribution in [2.75, 3.05) is 5.32 Å². The van der Waals surface area contributed by atoms with Crippen LogP contribution in [0.4, 0.5) is 5.69 Å². The SMILES string of the molecule is Cc1nc(-c2ccsc2)sc1C(=O)Nc1cnn(C)c1. The van der Waals surface area contributed by atoms with Crippen LogP contribution in [0.1, 0.15) is 15.4 Å². The van der Waals surface area contributed by atoms with Crippen molar-refractivity contribution in [2.24, 2.45) is 7.05 Å². The highest BCUT2D eigenvalue weighted by Crippen LogP contribution is 2.29. The van der Waals surface area contributed by atoms with Crippen LogP contribution in [0.5, 0.6) is 0 Å². The maximum Gasteiger partial charge on any atom is 0.267 e. The lowest BCUT2D eigenvalue weighted by Gasteiger charge is -1.99. The van der Waals surface area contributed by atoms with Crippen LogP contribution < -0.4 is 5.32 Å². The molecular formula is C13H12N4OS2. The van der Waals surface area contributed by atoms with Crippen molar-refractivity contribution >= 4 is 34.3 Å². The molecule has 3 aromatic heterocycles. The third kappa shape index (κ3) is 2.50. The number of thiazole rings is 1. The number of hydrogen-bond acceptors (Lipinski definition) is 5. The molecule has 0 saturated heterocycles. The second-order valence-corrected chi connectivity index (χ2v) is 6.08. The van der Waals surface area contributed by atoms with Gasteiger partial charge < -0.3 is 5.32 Å². The molecule has 0 fully saturated rings. The van der Waals surface area contributed by atoms with Gasteiger partial charge in [-0.15, -0.1) is 11.3 Å². The number of anilines is 1. The van der Waals surface area contributed by atoms with E-state index in [9.17, 15) is 4.79 Å². The first-order valence-electron chi connectivity index (χ1n) is 5.93. The first kappa shape index (κ1) is 13.0. The van der Waals surface area contributed by atoms with E-state index in [0.29, 0.717) is 10.6 Å². The zero-order chi connectivity index (χ0) is 14.1. The van der Waals surface area contributed by atoms with Crippen molar-refractivity contribution in [1.29, 1.82) is 0 Å². The highest BCUT2D eigenvalue weighted by molar-refractivity contribution is 7.17. The smallest absolute Gasteiger partial charge is 0.267 e. The number of nitrogens with zero attached hydrogens (tertiary/aromatic N) is 3. The molecule has 0 atom stereocenters. The minimum Gasteiger partial charge on any atom is -0.319 e. The standard InChI is InChI=1S/C13H12N4OS2/c1-8-11(12(18)16-10-5-14-17(2)6-10)20-13(15-8)9-3-4-19-7-9/h3-7H,1-2H3,(H,16,18). The van der Waals surface area contributed by atoms with Crippen LogP contribution in [0.25, 0.3) is 10.6 Å². The lowest BCUT2D eigenvalue weighted by Crippen LogP contribution is -2.10. The Bertz CT molecular complexity index is 742. The monoisotopic (exact) mass is 304 g/mol. The number of aryl methyl sites for hydroxylation is 2. The Hall–Kier alpha value is -1.99. The molecule has 0 aromatic carbocycles. The lowest BCUT2D eigenvalue weighted by atomic mass is 10.3. The van der Waals surface area contributed by atoms with Crippen molar-refractivity contribution < 1.29 is 4.79 Å². The van der Waals surface area contributed by atoms with Gasteiger partial charge >= 0.3 is 0 Å². The number of rotatable bonds is 3. The quantitative estimate of drug-likeness (QED) is 0.808. The minimum absolute atomic E-state index is 0.144. The summed E-state index contributed by atoms with van der Waals surface area (Å²) in [6, 6.07) is 2.01. The van der Waals surface area contributed by atoms with Gasteiger partial charge in [-0.25, -0.2) is 4.98 Å². The molecular weight excluding hydrogens is 292 g/mol. The number of thiophene rings is 1. The van der Waals surface area contributed by atoms with Crippen LogP contribution in [-0.2, 0) is 7.05 Å². The molecule has 0 aliphatic heterocycles. The van der Waals surface area contributed by atoms with Crippen molar-refractivity contribution in [2.45, 2.75) is 6.92 Å². The third-order valence-electron chi connectivity index (χ3n) is 2.73.